The Morgan fingerprint density at radius 2 is 1.67 bits per heavy atom. The topological polar surface area (TPSA) is 44.4 Å². The van der Waals surface area contributed by atoms with E-state index in [1.54, 1.807) is 0 Å². The van der Waals surface area contributed by atoms with Crippen LogP contribution in [0.15, 0.2) is 48.5 Å². The molecule has 0 unspecified atom stereocenters. The molecule has 2 aromatic rings. The molecule has 124 valence electrons. The SMILES string of the molecule is Cc1ccc(NC(=S)Nc2ccccc2C(=O)N2CCCC2)cc1. The number of nitrogens with one attached hydrogen (secondary N) is 2. The van der Waals surface area contributed by atoms with Gasteiger partial charge in [0.2, 0.25) is 0 Å². The van der Waals surface area contributed by atoms with Crippen molar-refractivity contribution in [3.8, 4) is 0 Å². The van der Waals surface area contributed by atoms with E-state index in [1.807, 2.05) is 60.4 Å². The summed E-state index contributed by atoms with van der Waals surface area (Å²) in [6.07, 6.45) is 2.16. The molecule has 0 bridgehead atoms. The predicted octanol–water partition coefficient (Wildman–Crippen LogP) is 4.04. The van der Waals surface area contributed by atoms with Crippen LogP contribution >= 0.6 is 12.2 Å². The van der Waals surface area contributed by atoms with Gasteiger partial charge in [0.1, 0.15) is 0 Å². The van der Waals surface area contributed by atoms with Crippen molar-refractivity contribution in [2.24, 2.45) is 0 Å². The quantitative estimate of drug-likeness (QED) is 0.829. The van der Waals surface area contributed by atoms with Crippen molar-refractivity contribution in [1.82, 2.24) is 4.90 Å². The van der Waals surface area contributed by atoms with Crippen LogP contribution in [0.4, 0.5) is 11.4 Å². The van der Waals surface area contributed by atoms with Crippen molar-refractivity contribution in [2.45, 2.75) is 19.8 Å². The maximum Gasteiger partial charge on any atom is 0.255 e. The number of para-hydroxylation sites is 1. The third kappa shape index (κ3) is 3.92. The van der Waals surface area contributed by atoms with E-state index in [9.17, 15) is 4.79 Å². The number of hydrogen-bond donors (Lipinski definition) is 2. The summed E-state index contributed by atoms with van der Waals surface area (Å²) in [4.78, 5) is 14.6. The zero-order valence-corrected chi connectivity index (χ0v) is 14.5. The molecule has 2 N–H and O–H groups in total. The number of carbonyl (C=O) groups is 1. The molecule has 1 saturated heterocycles. The summed E-state index contributed by atoms with van der Waals surface area (Å²) >= 11 is 5.38. The summed E-state index contributed by atoms with van der Waals surface area (Å²) in [5, 5.41) is 6.77. The minimum absolute atomic E-state index is 0.0636. The number of rotatable bonds is 3. The lowest BCUT2D eigenvalue weighted by Gasteiger charge is -2.19. The number of aryl methyl sites for hydroxylation is 1. The van der Waals surface area contributed by atoms with Crippen LogP contribution in [0.2, 0.25) is 0 Å². The molecule has 0 atom stereocenters. The molecule has 1 heterocycles. The second kappa shape index (κ2) is 7.45. The molecule has 1 amide bonds. The molecule has 1 aliphatic heterocycles. The van der Waals surface area contributed by atoms with E-state index >= 15 is 0 Å². The van der Waals surface area contributed by atoms with E-state index in [1.165, 1.54) is 5.56 Å². The predicted molar refractivity (Wildman–Crippen MR) is 103 cm³/mol. The van der Waals surface area contributed by atoms with Crippen molar-refractivity contribution in [2.75, 3.05) is 23.7 Å². The average Bonchev–Trinajstić information content (AvgIpc) is 3.11. The Morgan fingerprint density at radius 1 is 1.00 bits per heavy atom. The maximum atomic E-state index is 12.7. The third-order valence-corrected chi connectivity index (χ3v) is 4.31. The van der Waals surface area contributed by atoms with Gasteiger partial charge in [-0.15, -0.1) is 0 Å². The highest BCUT2D eigenvalue weighted by atomic mass is 32.1. The van der Waals surface area contributed by atoms with Crippen LogP contribution in [-0.2, 0) is 0 Å². The van der Waals surface area contributed by atoms with Crippen LogP contribution < -0.4 is 10.6 Å². The van der Waals surface area contributed by atoms with Crippen LogP contribution in [0.25, 0.3) is 0 Å². The van der Waals surface area contributed by atoms with Crippen LogP contribution in [-0.4, -0.2) is 29.0 Å². The molecule has 0 spiro atoms. The van der Waals surface area contributed by atoms with Crippen LogP contribution in [0.3, 0.4) is 0 Å². The fourth-order valence-electron chi connectivity index (χ4n) is 2.79. The zero-order chi connectivity index (χ0) is 16.9. The van der Waals surface area contributed by atoms with E-state index in [2.05, 4.69) is 10.6 Å². The summed E-state index contributed by atoms with van der Waals surface area (Å²) in [6.45, 7) is 3.71. The van der Waals surface area contributed by atoms with Gasteiger partial charge >= 0.3 is 0 Å². The van der Waals surface area contributed by atoms with Crippen molar-refractivity contribution in [3.63, 3.8) is 0 Å². The normalized spacial score (nSPS) is 13.6. The Kier molecular flexibility index (Phi) is 5.11. The molecule has 24 heavy (non-hydrogen) atoms. The zero-order valence-electron chi connectivity index (χ0n) is 13.7. The lowest BCUT2D eigenvalue weighted by atomic mass is 10.1. The highest BCUT2D eigenvalue weighted by Crippen LogP contribution is 2.20. The average molecular weight is 339 g/mol. The largest absolute Gasteiger partial charge is 0.339 e. The maximum absolute atomic E-state index is 12.7. The standard InChI is InChI=1S/C19H21N3OS/c1-14-8-10-15(11-9-14)20-19(24)21-17-7-3-2-6-16(17)18(23)22-12-4-5-13-22/h2-3,6-11H,4-5,12-13H2,1H3,(H2,20,21,24). The summed E-state index contributed by atoms with van der Waals surface area (Å²) in [6, 6.07) is 15.5. The van der Waals surface area contributed by atoms with Gasteiger partial charge < -0.3 is 15.5 Å². The molecule has 2 aromatic carbocycles. The molecule has 0 radical (unpaired) electrons. The van der Waals surface area contributed by atoms with Gasteiger partial charge in [-0.25, -0.2) is 0 Å². The van der Waals surface area contributed by atoms with Gasteiger partial charge in [0.15, 0.2) is 5.11 Å². The summed E-state index contributed by atoms with van der Waals surface area (Å²) in [5.74, 6) is 0.0636. The monoisotopic (exact) mass is 339 g/mol. The number of anilines is 2. The van der Waals surface area contributed by atoms with Gasteiger partial charge in [0.25, 0.3) is 5.91 Å². The summed E-state index contributed by atoms with van der Waals surface area (Å²) in [7, 11) is 0. The highest BCUT2D eigenvalue weighted by molar-refractivity contribution is 7.80. The molecule has 1 fully saturated rings. The first-order chi connectivity index (χ1) is 11.6. The van der Waals surface area contributed by atoms with E-state index < -0.39 is 0 Å². The van der Waals surface area contributed by atoms with Gasteiger partial charge in [-0.05, 0) is 56.2 Å². The molecular formula is C19H21N3OS. The first kappa shape index (κ1) is 16.5. The molecule has 0 aromatic heterocycles. The Hall–Kier alpha value is -2.40. The summed E-state index contributed by atoms with van der Waals surface area (Å²) < 4.78 is 0. The van der Waals surface area contributed by atoms with Crippen LogP contribution in [0, 0.1) is 6.92 Å². The third-order valence-electron chi connectivity index (χ3n) is 4.11. The molecule has 0 aliphatic carbocycles. The van der Waals surface area contributed by atoms with Crippen molar-refractivity contribution in [1.29, 1.82) is 0 Å². The fourth-order valence-corrected chi connectivity index (χ4v) is 3.02. The number of hydrogen-bond acceptors (Lipinski definition) is 2. The van der Waals surface area contributed by atoms with Crippen molar-refractivity contribution in [3.05, 3.63) is 59.7 Å². The van der Waals surface area contributed by atoms with Gasteiger partial charge in [-0.3, -0.25) is 4.79 Å². The molecule has 3 rings (SSSR count). The van der Waals surface area contributed by atoms with Crippen molar-refractivity contribution < 1.29 is 4.79 Å². The fraction of sp³-hybridized carbons (Fsp3) is 0.263. The molecule has 4 nitrogen and oxygen atoms in total. The lowest BCUT2D eigenvalue weighted by Crippen LogP contribution is -2.29. The van der Waals surface area contributed by atoms with E-state index in [4.69, 9.17) is 12.2 Å². The smallest absolute Gasteiger partial charge is 0.255 e. The second-order valence-corrected chi connectivity index (χ2v) is 6.40. The lowest BCUT2D eigenvalue weighted by molar-refractivity contribution is 0.0794. The Bertz CT molecular complexity index is 737. The van der Waals surface area contributed by atoms with Gasteiger partial charge in [0, 0.05) is 18.8 Å². The van der Waals surface area contributed by atoms with Gasteiger partial charge in [-0.1, -0.05) is 29.8 Å². The van der Waals surface area contributed by atoms with Crippen LogP contribution in [0.5, 0.6) is 0 Å². The first-order valence-corrected chi connectivity index (χ1v) is 8.57. The highest BCUT2D eigenvalue weighted by Gasteiger charge is 2.21. The Morgan fingerprint density at radius 3 is 2.38 bits per heavy atom. The van der Waals surface area contributed by atoms with Crippen LogP contribution in [0.1, 0.15) is 28.8 Å². The van der Waals surface area contributed by atoms with E-state index in [-0.39, 0.29) is 5.91 Å². The minimum Gasteiger partial charge on any atom is -0.339 e. The number of likely N-dealkylation sites (tertiary alicyclic amines) is 1. The van der Waals surface area contributed by atoms with Gasteiger partial charge in [-0.2, -0.15) is 0 Å². The number of benzene rings is 2. The minimum atomic E-state index is 0.0636. The molecule has 1 aliphatic rings. The Balaban J connectivity index is 1.71. The second-order valence-electron chi connectivity index (χ2n) is 5.99. The van der Waals surface area contributed by atoms with E-state index in [0.717, 1.165) is 37.3 Å². The summed E-state index contributed by atoms with van der Waals surface area (Å²) in [5.41, 5.74) is 3.51. The molecule has 0 saturated carbocycles. The number of amides is 1. The molecular weight excluding hydrogens is 318 g/mol. The van der Waals surface area contributed by atoms with Crippen molar-refractivity contribution >= 4 is 34.6 Å². The number of carbonyl (C=O) groups excluding carboxylic acids is 1. The Labute approximate surface area is 147 Å². The number of nitrogens with zero attached hydrogens (tertiary/aromatic N) is 1. The number of thiocarbonyl (C=S) groups is 1. The first-order valence-electron chi connectivity index (χ1n) is 8.16. The molecule has 5 heteroatoms. The van der Waals surface area contributed by atoms with E-state index in [0.29, 0.717) is 10.7 Å². The van der Waals surface area contributed by atoms with Gasteiger partial charge in [0.05, 0.1) is 11.3 Å².